The van der Waals surface area contributed by atoms with Crippen LogP contribution in [-0.2, 0) is 13.0 Å². The third kappa shape index (κ3) is 3.97. The molecular formula is C25H28N6O. The van der Waals surface area contributed by atoms with Crippen molar-refractivity contribution in [1.82, 2.24) is 19.7 Å². The third-order valence-electron chi connectivity index (χ3n) is 6.02. The zero-order chi connectivity index (χ0) is 21.9. The van der Waals surface area contributed by atoms with Crippen LogP contribution in [0.25, 0.3) is 28.0 Å². The summed E-state index contributed by atoms with van der Waals surface area (Å²) in [5, 5.41) is 15.3. The average Bonchev–Trinajstić information content (AvgIpc) is 3.23. The van der Waals surface area contributed by atoms with Crippen molar-refractivity contribution in [3.63, 3.8) is 0 Å². The van der Waals surface area contributed by atoms with E-state index < -0.39 is 0 Å². The van der Waals surface area contributed by atoms with Gasteiger partial charge in [0.05, 0.1) is 29.7 Å². The second-order valence-corrected chi connectivity index (χ2v) is 8.23. The maximum atomic E-state index is 9.51. The molecule has 32 heavy (non-hydrogen) atoms. The average molecular weight is 429 g/mol. The summed E-state index contributed by atoms with van der Waals surface area (Å²) in [4.78, 5) is 11.9. The van der Waals surface area contributed by atoms with Gasteiger partial charge in [-0.3, -0.25) is 4.98 Å². The molecule has 3 aromatic heterocycles. The molecule has 1 aliphatic heterocycles. The largest absolute Gasteiger partial charge is 0.390 e. The molecule has 0 radical (unpaired) electrons. The predicted molar refractivity (Wildman–Crippen MR) is 127 cm³/mol. The van der Waals surface area contributed by atoms with Crippen molar-refractivity contribution >= 4 is 16.6 Å². The number of rotatable bonds is 8. The molecule has 1 aliphatic rings. The second-order valence-electron chi connectivity index (χ2n) is 8.23. The van der Waals surface area contributed by atoms with Crippen molar-refractivity contribution in [2.24, 2.45) is 5.73 Å². The van der Waals surface area contributed by atoms with E-state index in [2.05, 4.69) is 45.3 Å². The number of nitrogens with zero attached hydrogens (tertiary/aromatic N) is 5. The molecule has 0 atom stereocenters. The smallest absolute Gasteiger partial charge is 0.154 e. The summed E-state index contributed by atoms with van der Waals surface area (Å²) in [6.45, 7) is 2.71. The molecule has 3 N–H and O–H groups in total. The van der Waals surface area contributed by atoms with Crippen LogP contribution in [0.2, 0.25) is 0 Å². The first-order valence-electron chi connectivity index (χ1n) is 11.3. The maximum absolute atomic E-state index is 9.51. The number of nitrogens with two attached hydrogens (primary N) is 1. The Balaban J connectivity index is 1.61. The van der Waals surface area contributed by atoms with E-state index in [1.807, 2.05) is 29.1 Å². The number of benzene rings is 1. The first-order chi connectivity index (χ1) is 15.8. The van der Waals surface area contributed by atoms with E-state index in [1.165, 1.54) is 12.1 Å². The van der Waals surface area contributed by atoms with Gasteiger partial charge in [0.15, 0.2) is 5.82 Å². The fraction of sp³-hybridized carbons (Fsp3) is 0.320. The van der Waals surface area contributed by atoms with Crippen LogP contribution in [0.4, 0.5) is 5.69 Å². The number of aliphatic hydroxyl groups is 1. The molecule has 1 fully saturated rings. The number of hydrogen-bond acceptors (Lipinski definition) is 6. The zero-order valence-electron chi connectivity index (χ0n) is 18.1. The first kappa shape index (κ1) is 20.6. The summed E-state index contributed by atoms with van der Waals surface area (Å²) in [6, 6.07) is 16.2. The number of hydrogen-bond donors (Lipinski definition) is 2. The lowest BCUT2D eigenvalue weighted by molar-refractivity contribution is 0.276. The molecule has 1 aromatic carbocycles. The zero-order valence-corrected chi connectivity index (χ0v) is 18.1. The van der Waals surface area contributed by atoms with Crippen LogP contribution >= 0.6 is 0 Å². The predicted octanol–water partition coefficient (Wildman–Crippen LogP) is 3.47. The van der Waals surface area contributed by atoms with Crippen LogP contribution in [0.1, 0.15) is 30.7 Å². The van der Waals surface area contributed by atoms with Gasteiger partial charge < -0.3 is 15.7 Å². The van der Waals surface area contributed by atoms with Gasteiger partial charge in [0, 0.05) is 35.4 Å². The molecular weight excluding hydrogens is 400 g/mol. The van der Waals surface area contributed by atoms with Crippen LogP contribution in [0.15, 0.2) is 54.7 Å². The van der Waals surface area contributed by atoms with Gasteiger partial charge in [-0.15, -0.1) is 0 Å². The fourth-order valence-electron chi connectivity index (χ4n) is 4.16. The highest BCUT2D eigenvalue weighted by Crippen LogP contribution is 2.35. The van der Waals surface area contributed by atoms with Gasteiger partial charge in [0.25, 0.3) is 0 Å². The van der Waals surface area contributed by atoms with Gasteiger partial charge in [-0.05, 0) is 68.6 Å². The van der Waals surface area contributed by atoms with Crippen LogP contribution in [0.5, 0.6) is 0 Å². The van der Waals surface area contributed by atoms with Crippen LogP contribution in [-0.4, -0.2) is 44.5 Å². The highest BCUT2D eigenvalue weighted by Gasteiger charge is 2.21. The Morgan fingerprint density at radius 1 is 0.969 bits per heavy atom. The van der Waals surface area contributed by atoms with Gasteiger partial charge in [0.2, 0.25) is 0 Å². The van der Waals surface area contributed by atoms with Gasteiger partial charge in [-0.1, -0.05) is 12.1 Å². The Bertz CT molecular complexity index is 1230. The number of aryl methyl sites for hydroxylation is 1. The Hall–Kier alpha value is -3.29. The molecule has 1 saturated heterocycles. The van der Waals surface area contributed by atoms with Crippen LogP contribution in [0, 0.1) is 0 Å². The van der Waals surface area contributed by atoms with E-state index in [-0.39, 0.29) is 6.61 Å². The SMILES string of the molecule is NCCCCc1cccc(-c2cc(N3CCC3)c3cnn(-c4cccc(CO)n4)c3c2)n1. The topological polar surface area (TPSA) is 93.1 Å². The Kier molecular flexibility index (Phi) is 5.83. The fourth-order valence-corrected chi connectivity index (χ4v) is 4.16. The van der Waals surface area contributed by atoms with E-state index in [4.69, 9.17) is 10.7 Å². The lowest BCUT2D eigenvalue weighted by Gasteiger charge is -2.34. The van der Waals surface area contributed by atoms with Crippen molar-refractivity contribution in [3.05, 3.63) is 66.1 Å². The number of unbranched alkanes of at least 4 members (excludes halogenated alkanes) is 1. The van der Waals surface area contributed by atoms with Crippen molar-refractivity contribution < 1.29 is 5.11 Å². The minimum Gasteiger partial charge on any atom is -0.390 e. The Morgan fingerprint density at radius 3 is 2.59 bits per heavy atom. The summed E-state index contributed by atoms with van der Waals surface area (Å²) in [6.07, 6.45) is 6.11. The van der Waals surface area contributed by atoms with E-state index in [9.17, 15) is 5.11 Å². The van der Waals surface area contributed by atoms with Gasteiger partial charge in [-0.25, -0.2) is 9.67 Å². The molecule has 164 valence electrons. The molecule has 4 heterocycles. The third-order valence-corrected chi connectivity index (χ3v) is 6.02. The van der Waals surface area contributed by atoms with Crippen molar-refractivity contribution in [2.75, 3.05) is 24.5 Å². The molecule has 0 spiro atoms. The molecule has 4 aromatic rings. The first-order valence-corrected chi connectivity index (χ1v) is 11.3. The standard InChI is InChI=1S/C25H28N6O/c26-11-2-1-6-19-7-3-9-22(28-19)18-14-23(30-12-5-13-30)21-16-27-31(24(21)15-18)25-10-4-8-20(17-32)29-25/h3-4,7-10,14-16,32H,1-2,5-6,11-13,17,26H2. The maximum Gasteiger partial charge on any atom is 0.154 e. The normalized spacial score (nSPS) is 13.5. The number of anilines is 1. The minimum atomic E-state index is -0.0990. The lowest BCUT2D eigenvalue weighted by Crippen LogP contribution is -2.37. The van der Waals surface area contributed by atoms with Gasteiger partial charge in [-0.2, -0.15) is 5.10 Å². The van der Waals surface area contributed by atoms with E-state index in [0.717, 1.165) is 60.2 Å². The number of aliphatic hydroxyl groups excluding tert-OH is 1. The molecule has 0 saturated carbocycles. The van der Waals surface area contributed by atoms with Crippen molar-refractivity contribution in [1.29, 1.82) is 0 Å². The number of fused-ring (bicyclic) bond motifs is 1. The van der Waals surface area contributed by atoms with Gasteiger partial charge in [0.1, 0.15) is 0 Å². The minimum absolute atomic E-state index is 0.0990. The summed E-state index contributed by atoms with van der Waals surface area (Å²) in [5.41, 5.74) is 11.6. The molecule has 0 bridgehead atoms. The molecule has 5 rings (SSSR count). The van der Waals surface area contributed by atoms with Crippen LogP contribution < -0.4 is 10.6 Å². The monoisotopic (exact) mass is 428 g/mol. The molecule has 7 heteroatoms. The molecule has 0 unspecified atom stereocenters. The molecule has 0 aliphatic carbocycles. The van der Waals surface area contributed by atoms with Crippen molar-refractivity contribution in [2.45, 2.75) is 32.3 Å². The van der Waals surface area contributed by atoms with E-state index in [0.29, 0.717) is 18.1 Å². The van der Waals surface area contributed by atoms with E-state index in [1.54, 1.807) is 0 Å². The molecule has 7 nitrogen and oxygen atoms in total. The summed E-state index contributed by atoms with van der Waals surface area (Å²) < 4.78 is 1.85. The number of aromatic nitrogens is 4. The highest BCUT2D eigenvalue weighted by molar-refractivity contribution is 5.96. The Morgan fingerprint density at radius 2 is 1.81 bits per heavy atom. The quantitative estimate of drug-likeness (QED) is 0.418. The second kappa shape index (κ2) is 9.06. The van der Waals surface area contributed by atoms with E-state index >= 15 is 0 Å². The lowest BCUT2D eigenvalue weighted by atomic mass is 10.0. The van der Waals surface area contributed by atoms with Gasteiger partial charge >= 0.3 is 0 Å². The Labute approximate surface area is 187 Å². The summed E-state index contributed by atoms with van der Waals surface area (Å²) >= 11 is 0. The van der Waals surface area contributed by atoms with Crippen LogP contribution in [0.3, 0.4) is 0 Å². The summed E-state index contributed by atoms with van der Waals surface area (Å²) in [7, 11) is 0. The molecule has 0 amide bonds. The van der Waals surface area contributed by atoms with Crippen molar-refractivity contribution in [3.8, 4) is 17.1 Å². The summed E-state index contributed by atoms with van der Waals surface area (Å²) in [5.74, 6) is 0.696. The highest BCUT2D eigenvalue weighted by atomic mass is 16.3. The number of pyridine rings is 2.